The third-order valence-electron chi connectivity index (χ3n) is 6.90. The zero-order valence-electron chi connectivity index (χ0n) is 19.8. The molecule has 0 saturated carbocycles. The van der Waals surface area contributed by atoms with Gasteiger partial charge in [-0.05, 0) is 41.8 Å². The van der Waals surface area contributed by atoms with E-state index in [4.69, 9.17) is 0 Å². The average molecular weight is 500 g/mol. The van der Waals surface area contributed by atoms with Gasteiger partial charge in [-0.3, -0.25) is 4.79 Å². The molecule has 0 fully saturated rings. The maximum absolute atomic E-state index is 13.5. The Morgan fingerprint density at radius 1 is 1.03 bits per heavy atom. The number of para-hydroxylation sites is 2. The Morgan fingerprint density at radius 3 is 2.56 bits per heavy atom. The predicted molar refractivity (Wildman–Crippen MR) is 138 cm³/mol. The highest BCUT2D eigenvalue weighted by Gasteiger charge is 2.38. The highest BCUT2D eigenvalue weighted by molar-refractivity contribution is 7.89. The van der Waals surface area contributed by atoms with Crippen molar-refractivity contribution in [1.29, 1.82) is 0 Å². The lowest BCUT2D eigenvalue weighted by atomic mass is 9.84. The minimum Gasteiger partial charge on any atom is -0.350 e. The number of fused-ring (bicyclic) bond motifs is 4. The Bertz CT molecular complexity index is 1730. The molecule has 3 aromatic heterocycles. The van der Waals surface area contributed by atoms with E-state index in [1.165, 1.54) is 12.3 Å². The predicted octanol–water partition coefficient (Wildman–Crippen LogP) is 3.59. The summed E-state index contributed by atoms with van der Waals surface area (Å²) in [7, 11) is -2.00. The minimum atomic E-state index is -3.97. The highest BCUT2D eigenvalue weighted by atomic mass is 32.2. The van der Waals surface area contributed by atoms with Gasteiger partial charge in [-0.25, -0.2) is 18.1 Å². The van der Waals surface area contributed by atoms with E-state index in [-0.39, 0.29) is 17.5 Å². The number of amides is 1. The molecular weight excluding hydrogens is 474 g/mol. The SMILES string of the molecule is Cc1ccc(S(=O)(=O)N[C@@H]2CNC(=O)c3[nH]c4ccccc4c3[C@H]2c2cn(C)c3ccccc23)nc1. The van der Waals surface area contributed by atoms with Crippen LogP contribution in [-0.4, -0.2) is 41.4 Å². The molecule has 0 radical (unpaired) electrons. The van der Waals surface area contributed by atoms with E-state index in [1.807, 2.05) is 73.3 Å². The van der Waals surface area contributed by atoms with Crippen molar-refractivity contribution < 1.29 is 13.2 Å². The van der Waals surface area contributed by atoms with Crippen LogP contribution in [0.15, 0.2) is 78.1 Å². The van der Waals surface area contributed by atoms with Crippen LogP contribution in [0.4, 0.5) is 0 Å². The lowest BCUT2D eigenvalue weighted by Gasteiger charge is -2.26. The van der Waals surface area contributed by atoms with Crippen LogP contribution in [0, 0.1) is 6.92 Å². The number of aryl methyl sites for hydroxylation is 2. The minimum absolute atomic E-state index is 0.0560. The van der Waals surface area contributed by atoms with Crippen molar-refractivity contribution in [3.8, 4) is 0 Å². The first-order valence-electron chi connectivity index (χ1n) is 11.7. The Morgan fingerprint density at radius 2 is 1.78 bits per heavy atom. The van der Waals surface area contributed by atoms with Crippen molar-refractivity contribution >= 4 is 37.7 Å². The average Bonchev–Trinajstić information content (AvgIpc) is 3.38. The molecule has 2 atom stereocenters. The largest absolute Gasteiger partial charge is 0.350 e. The number of nitrogens with one attached hydrogen (secondary N) is 3. The van der Waals surface area contributed by atoms with E-state index in [0.29, 0.717) is 5.69 Å². The molecule has 0 bridgehead atoms. The molecule has 4 heterocycles. The lowest BCUT2D eigenvalue weighted by molar-refractivity contribution is 0.0950. The smallest absolute Gasteiger partial charge is 0.268 e. The van der Waals surface area contributed by atoms with Gasteiger partial charge in [0.25, 0.3) is 15.9 Å². The molecule has 8 nitrogen and oxygen atoms in total. The van der Waals surface area contributed by atoms with Crippen molar-refractivity contribution in [3.63, 3.8) is 0 Å². The Balaban J connectivity index is 1.58. The normalized spacial score (nSPS) is 18.2. The summed E-state index contributed by atoms with van der Waals surface area (Å²) >= 11 is 0. The molecule has 2 aromatic carbocycles. The van der Waals surface area contributed by atoms with Gasteiger partial charge >= 0.3 is 0 Å². The fourth-order valence-electron chi connectivity index (χ4n) is 5.25. The Kier molecular flexibility index (Phi) is 5.20. The molecular formula is C27H25N5O3S. The van der Waals surface area contributed by atoms with E-state index < -0.39 is 22.0 Å². The zero-order valence-corrected chi connectivity index (χ0v) is 20.6. The summed E-state index contributed by atoms with van der Waals surface area (Å²) in [5.74, 6) is -0.706. The molecule has 6 rings (SSSR count). The first kappa shape index (κ1) is 22.5. The van der Waals surface area contributed by atoms with Crippen LogP contribution in [0.3, 0.4) is 0 Å². The summed E-state index contributed by atoms with van der Waals surface area (Å²) in [5.41, 5.74) is 4.89. The first-order valence-corrected chi connectivity index (χ1v) is 13.2. The van der Waals surface area contributed by atoms with E-state index >= 15 is 0 Å². The molecule has 5 aromatic rings. The third kappa shape index (κ3) is 3.59. The van der Waals surface area contributed by atoms with Gasteiger partial charge in [-0.15, -0.1) is 0 Å². The van der Waals surface area contributed by atoms with Crippen LogP contribution >= 0.6 is 0 Å². The molecule has 9 heteroatoms. The van der Waals surface area contributed by atoms with Crippen LogP contribution in [-0.2, 0) is 17.1 Å². The molecule has 1 aliphatic heterocycles. The number of H-pyrrole nitrogens is 1. The molecule has 36 heavy (non-hydrogen) atoms. The highest BCUT2D eigenvalue weighted by Crippen LogP contribution is 2.41. The van der Waals surface area contributed by atoms with Gasteiger partial charge in [0, 0.05) is 53.7 Å². The second kappa shape index (κ2) is 8.32. The molecule has 0 unspecified atom stereocenters. The Labute approximate surface area is 208 Å². The summed E-state index contributed by atoms with van der Waals surface area (Å²) < 4.78 is 31.8. The van der Waals surface area contributed by atoms with Crippen molar-refractivity contribution in [2.45, 2.75) is 23.9 Å². The number of hydrogen-bond acceptors (Lipinski definition) is 4. The second-order valence-electron chi connectivity index (χ2n) is 9.26. The van der Waals surface area contributed by atoms with Gasteiger partial charge in [0.2, 0.25) is 0 Å². The number of benzene rings is 2. The molecule has 3 N–H and O–H groups in total. The van der Waals surface area contributed by atoms with E-state index in [1.54, 1.807) is 6.07 Å². The van der Waals surface area contributed by atoms with Crippen LogP contribution < -0.4 is 10.0 Å². The molecule has 0 aliphatic carbocycles. The number of carbonyl (C=O) groups excluding carboxylic acids is 1. The van der Waals surface area contributed by atoms with Gasteiger partial charge < -0.3 is 14.9 Å². The number of nitrogens with zero attached hydrogens (tertiary/aromatic N) is 2. The number of rotatable bonds is 4. The van der Waals surface area contributed by atoms with E-state index in [2.05, 4.69) is 20.0 Å². The fourth-order valence-corrected chi connectivity index (χ4v) is 6.43. The number of sulfonamides is 1. The van der Waals surface area contributed by atoms with Gasteiger partial charge in [-0.2, -0.15) is 0 Å². The van der Waals surface area contributed by atoms with Crippen molar-refractivity contribution in [2.24, 2.45) is 7.05 Å². The van der Waals surface area contributed by atoms with E-state index in [9.17, 15) is 13.2 Å². The number of aromatic amines is 1. The molecule has 0 spiro atoms. The molecule has 1 aliphatic rings. The fraction of sp³-hybridized carbons (Fsp3) is 0.185. The number of hydrogen-bond donors (Lipinski definition) is 3. The van der Waals surface area contributed by atoms with Crippen LogP contribution in [0.5, 0.6) is 0 Å². The Hall–Kier alpha value is -3.95. The molecule has 0 saturated heterocycles. The molecule has 1 amide bonds. The van der Waals surface area contributed by atoms with Crippen molar-refractivity contribution in [1.82, 2.24) is 24.6 Å². The van der Waals surface area contributed by atoms with Crippen molar-refractivity contribution in [2.75, 3.05) is 6.54 Å². The standard InChI is InChI=1S/C27H25N5O3S/c1-16-11-12-23(28-13-16)36(34,35)31-21-14-29-27(33)26-25(18-8-3-5-9-20(18)30-26)24(21)19-15-32(2)22-10-6-4-7-17(19)22/h3-13,15,21,24,30-31H,14H2,1-2H3,(H,29,33)/t21-,24+/m1/s1. The zero-order chi connectivity index (χ0) is 25.0. The number of pyridine rings is 1. The van der Waals surface area contributed by atoms with Crippen LogP contribution in [0.2, 0.25) is 0 Å². The van der Waals surface area contributed by atoms with Crippen LogP contribution in [0.1, 0.15) is 33.1 Å². The quantitative estimate of drug-likeness (QED) is 0.351. The molecule has 182 valence electrons. The summed E-state index contributed by atoms with van der Waals surface area (Å²) in [4.78, 5) is 20.6. The lowest BCUT2D eigenvalue weighted by Crippen LogP contribution is -2.45. The second-order valence-corrected chi connectivity index (χ2v) is 10.9. The summed E-state index contributed by atoms with van der Waals surface area (Å²) in [6.07, 6.45) is 3.56. The topological polar surface area (TPSA) is 109 Å². The first-order chi connectivity index (χ1) is 17.3. The maximum atomic E-state index is 13.5. The monoisotopic (exact) mass is 499 g/mol. The summed E-state index contributed by atoms with van der Waals surface area (Å²) in [5, 5.41) is 4.77. The summed E-state index contributed by atoms with van der Waals surface area (Å²) in [6.45, 7) is 1.97. The van der Waals surface area contributed by atoms with Gasteiger partial charge in [-0.1, -0.05) is 42.5 Å². The maximum Gasteiger partial charge on any atom is 0.268 e. The van der Waals surface area contributed by atoms with Crippen LogP contribution in [0.25, 0.3) is 21.8 Å². The third-order valence-corrected chi connectivity index (χ3v) is 8.30. The van der Waals surface area contributed by atoms with Gasteiger partial charge in [0.05, 0.1) is 6.04 Å². The van der Waals surface area contributed by atoms with Gasteiger partial charge in [0.1, 0.15) is 5.69 Å². The van der Waals surface area contributed by atoms with E-state index in [0.717, 1.165) is 38.5 Å². The van der Waals surface area contributed by atoms with Crippen molar-refractivity contribution in [3.05, 3.63) is 95.4 Å². The summed E-state index contributed by atoms with van der Waals surface area (Å²) in [6, 6.07) is 18.3. The number of aromatic nitrogens is 3. The van der Waals surface area contributed by atoms with Gasteiger partial charge in [0.15, 0.2) is 5.03 Å². The number of carbonyl (C=O) groups is 1.